The highest BCUT2D eigenvalue weighted by Gasteiger charge is 2.26. The van der Waals surface area contributed by atoms with E-state index in [4.69, 9.17) is 9.47 Å². The number of amides is 1. The third-order valence-corrected chi connectivity index (χ3v) is 5.11. The van der Waals surface area contributed by atoms with E-state index in [9.17, 15) is 9.18 Å². The largest absolute Gasteiger partial charge is 0.467 e. The van der Waals surface area contributed by atoms with E-state index >= 15 is 0 Å². The normalized spacial score (nSPS) is 18.9. The third-order valence-electron chi connectivity index (χ3n) is 5.11. The molecule has 0 unspecified atom stereocenters. The molecule has 0 aliphatic carbocycles. The number of fused-ring (bicyclic) bond motifs is 1. The molecule has 2 aliphatic heterocycles. The number of halogens is 1. The van der Waals surface area contributed by atoms with Crippen LogP contribution in [0.2, 0.25) is 0 Å². The molecule has 1 saturated heterocycles. The molecule has 1 aromatic carbocycles. The van der Waals surface area contributed by atoms with Crippen LogP contribution in [0.4, 0.5) is 10.2 Å². The van der Waals surface area contributed by atoms with E-state index in [1.54, 1.807) is 18.6 Å². The Morgan fingerprint density at radius 1 is 1.36 bits per heavy atom. The first-order chi connectivity index (χ1) is 13.7. The number of anilines is 1. The zero-order valence-electron chi connectivity index (χ0n) is 15.6. The average Bonchev–Trinajstić information content (AvgIpc) is 2.74. The van der Waals surface area contributed by atoms with Crippen molar-refractivity contribution in [2.75, 3.05) is 31.3 Å². The molecule has 0 bridgehead atoms. The van der Waals surface area contributed by atoms with E-state index in [1.165, 1.54) is 12.1 Å². The number of hydrogen-bond acceptors (Lipinski definition) is 6. The van der Waals surface area contributed by atoms with Gasteiger partial charge in [0.2, 0.25) is 5.91 Å². The first kappa shape index (κ1) is 18.6. The summed E-state index contributed by atoms with van der Waals surface area (Å²) in [5.41, 5.74) is 1.46. The molecule has 2 aromatic rings. The fraction of sp³-hybridized carbons (Fsp3) is 0.450. The summed E-state index contributed by atoms with van der Waals surface area (Å²) < 4.78 is 24.5. The Balaban J connectivity index is 1.33. The molecule has 3 heterocycles. The quantitative estimate of drug-likeness (QED) is 0.848. The number of ether oxygens (including phenoxy) is 2. The van der Waals surface area contributed by atoms with Gasteiger partial charge in [-0.3, -0.25) is 9.78 Å². The van der Waals surface area contributed by atoms with Crippen LogP contribution in [-0.4, -0.2) is 42.3 Å². The number of aromatic nitrogens is 2. The Kier molecular flexibility index (Phi) is 5.66. The molecule has 7 nitrogen and oxygen atoms in total. The molecular weight excluding hydrogens is 363 g/mol. The second-order valence-electron chi connectivity index (χ2n) is 7.05. The maximum absolute atomic E-state index is 13.8. The minimum Gasteiger partial charge on any atom is -0.467 e. The number of carbonyl (C=O) groups excluding carboxylic acids is 1. The van der Waals surface area contributed by atoms with Crippen LogP contribution in [0.25, 0.3) is 0 Å². The zero-order valence-corrected chi connectivity index (χ0v) is 15.6. The van der Waals surface area contributed by atoms with E-state index in [0.717, 1.165) is 30.8 Å². The van der Waals surface area contributed by atoms with Gasteiger partial charge in [0.05, 0.1) is 18.7 Å². The summed E-state index contributed by atoms with van der Waals surface area (Å²) in [6.07, 6.45) is 7.30. The summed E-state index contributed by atoms with van der Waals surface area (Å²) in [7, 11) is 0. The van der Waals surface area contributed by atoms with Crippen LogP contribution < -0.4 is 15.0 Å². The van der Waals surface area contributed by atoms with Gasteiger partial charge in [-0.25, -0.2) is 9.37 Å². The smallest absolute Gasteiger partial charge is 0.224 e. The van der Waals surface area contributed by atoms with Gasteiger partial charge in [-0.05, 0) is 37.0 Å². The van der Waals surface area contributed by atoms with Crippen molar-refractivity contribution in [3.63, 3.8) is 0 Å². The molecule has 0 saturated carbocycles. The highest BCUT2D eigenvalue weighted by Crippen LogP contribution is 2.29. The van der Waals surface area contributed by atoms with Gasteiger partial charge in [-0.1, -0.05) is 0 Å². The molecule has 28 heavy (non-hydrogen) atoms. The van der Waals surface area contributed by atoms with Crippen LogP contribution in [0.15, 0.2) is 30.7 Å². The first-order valence-electron chi connectivity index (χ1n) is 9.51. The fourth-order valence-corrected chi connectivity index (χ4v) is 3.76. The van der Waals surface area contributed by atoms with Crippen LogP contribution in [0.1, 0.15) is 24.0 Å². The molecule has 1 fully saturated rings. The van der Waals surface area contributed by atoms with Gasteiger partial charge in [-0.2, -0.15) is 0 Å². The van der Waals surface area contributed by atoms with E-state index < -0.39 is 0 Å². The van der Waals surface area contributed by atoms with Crippen LogP contribution in [-0.2, 0) is 22.6 Å². The number of nitrogens with one attached hydrogen (secondary N) is 1. The molecule has 4 rings (SSSR count). The van der Waals surface area contributed by atoms with Crippen LogP contribution in [0.5, 0.6) is 5.75 Å². The van der Waals surface area contributed by atoms with Crippen LogP contribution >= 0.6 is 0 Å². The van der Waals surface area contributed by atoms with Crippen molar-refractivity contribution in [2.24, 2.45) is 5.92 Å². The molecule has 8 heteroatoms. The Labute approximate surface area is 162 Å². The predicted molar refractivity (Wildman–Crippen MR) is 100 cm³/mol. The minimum absolute atomic E-state index is 0.0168. The van der Waals surface area contributed by atoms with Crippen molar-refractivity contribution in [3.05, 3.63) is 47.7 Å². The minimum atomic E-state index is -0.318. The lowest BCUT2D eigenvalue weighted by atomic mass is 9.97. The Bertz CT molecular complexity index is 834. The molecule has 148 valence electrons. The number of hydrogen-bond donors (Lipinski definition) is 1. The van der Waals surface area contributed by atoms with Gasteiger partial charge in [-0.15, -0.1) is 0 Å². The first-order valence-corrected chi connectivity index (χ1v) is 9.51. The third kappa shape index (κ3) is 4.22. The molecule has 0 radical (unpaired) electrons. The second kappa shape index (κ2) is 8.52. The molecular formula is C20H23FN4O3. The Morgan fingerprint density at radius 2 is 2.29 bits per heavy atom. The topological polar surface area (TPSA) is 76.6 Å². The average molecular weight is 386 g/mol. The summed E-state index contributed by atoms with van der Waals surface area (Å²) in [4.78, 5) is 23.1. The van der Waals surface area contributed by atoms with Crippen molar-refractivity contribution in [2.45, 2.75) is 25.9 Å². The molecule has 1 N–H and O–H groups in total. The lowest BCUT2D eigenvalue weighted by molar-refractivity contribution is -0.125. The maximum atomic E-state index is 13.8. The predicted octanol–water partition coefficient (Wildman–Crippen LogP) is 2.06. The maximum Gasteiger partial charge on any atom is 0.224 e. The van der Waals surface area contributed by atoms with E-state index in [-0.39, 0.29) is 24.4 Å². The monoisotopic (exact) mass is 386 g/mol. The van der Waals surface area contributed by atoms with Crippen LogP contribution in [0, 0.1) is 11.7 Å². The molecule has 1 aromatic heterocycles. The van der Waals surface area contributed by atoms with Gasteiger partial charge in [0.1, 0.15) is 17.4 Å². The van der Waals surface area contributed by atoms with Gasteiger partial charge in [0.15, 0.2) is 6.79 Å². The SMILES string of the molecule is O=C(NCCc1cc(F)cc2c1OCOC2)[C@H]1CCCN(c2cnccn2)C1. The Morgan fingerprint density at radius 3 is 3.14 bits per heavy atom. The van der Waals surface area contributed by atoms with E-state index in [0.29, 0.717) is 37.4 Å². The van der Waals surface area contributed by atoms with Gasteiger partial charge < -0.3 is 19.7 Å². The second-order valence-corrected chi connectivity index (χ2v) is 7.05. The number of piperidine rings is 1. The zero-order chi connectivity index (χ0) is 19.3. The Hall–Kier alpha value is -2.74. The van der Waals surface area contributed by atoms with E-state index in [2.05, 4.69) is 20.2 Å². The number of nitrogens with zero attached hydrogens (tertiary/aromatic N) is 3. The lowest BCUT2D eigenvalue weighted by Crippen LogP contribution is -2.43. The molecule has 0 spiro atoms. The van der Waals surface area contributed by atoms with Gasteiger partial charge >= 0.3 is 0 Å². The fourth-order valence-electron chi connectivity index (χ4n) is 3.76. The molecule has 2 aliphatic rings. The number of benzene rings is 1. The van der Waals surface area contributed by atoms with E-state index in [1.807, 2.05) is 0 Å². The standard InChI is InChI=1S/C20H23FN4O3/c21-17-8-14(19-16(9-17)12-27-13-28-19)3-4-24-20(26)15-2-1-7-25(11-15)18-10-22-5-6-23-18/h5-6,8-10,15H,1-4,7,11-13H2,(H,24,26)/t15-/m0/s1. The lowest BCUT2D eigenvalue weighted by Gasteiger charge is -2.32. The van der Waals surface area contributed by atoms with Crippen LogP contribution in [0.3, 0.4) is 0 Å². The summed E-state index contributed by atoms with van der Waals surface area (Å²) >= 11 is 0. The molecule has 1 atom stereocenters. The van der Waals surface area contributed by atoms with Crippen molar-refractivity contribution in [1.29, 1.82) is 0 Å². The van der Waals surface area contributed by atoms with Gasteiger partial charge in [0, 0.05) is 37.6 Å². The number of rotatable bonds is 5. The summed E-state index contributed by atoms with van der Waals surface area (Å²) in [5, 5.41) is 2.99. The highest BCUT2D eigenvalue weighted by atomic mass is 19.1. The van der Waals surface area contributed by atoms with Gasteiger partial charge in [0.25, 0.3) is 0 Å². The van der Waals surface area contributed by atoms with Crippen molar-refractivity contribution in [1.82, 2.24) is 15.3 Å². The summed E-state index contributed by atoms with van der Waals surface area (Å²) in [5.74, 6) is 1.07. The van der Waals surface area contributed by atoms with Crippen molar-refractivity contribution < 1.29 is 18.7 Å². The highest BCUT2D eigenvalue weighted by molar-refractivity contribution is 5.79. The summed E-state index contributed by atoms with van der Waals surface area (Å²) in [6.45, 7) is 2.43. The summed E-state index contributed by atoms with van der Waals surface area (Å²) in [6, 6.07) is 2.90. The van der Waals surface area contributed by atoms with Crippen molar-refractivity contribution >= 4 is 11.7 Å². The molecule has 1 amide bonds. The number of carbonyl (C=O) groups is 1. The van der Waals surface area contributed by atoms with Crippen molar-refractivity contribution in [3.8, 4) is 5.75 Å².